The molecule has 0 fully saturated rings. The molecule has 37 N–H and O–H groups in total. The first-order valence-electron chi connectivity index (χ1n) is 39.3. The van der Waals surface area contributed by atoms with Gasteiger partial charge in [-0.1, -0.05) is 64.8 Å². The second kappa shape index (κ2) is 55.8. The lowest BCUT2D eigenvalue weighted by Gasteiger charge is -2.29. The lowest BCUT2D eigenvalue weighted by atomic mass is 9.95. The molecule has 0 aromatic heterocycles. The number of nitrogens with one attached hydrogen (secondary N) is 13. The molecule has 672 valence electrons. The molecule has 2 rings (SSSR count). The van der Waals surface area contributed by atoms with Gasteiger partial charge in [-0.3, -0.25) is 77.1 Å². The number of aromatic hydroxyl groups is 2. The average molecular weight is 1730 g/mol. The third-order valence-corrected chi connectivity index (χ3v) is 19.8. The van der Waals surface area contributed by atoms with Gasteiger partial charge in [-0.25, -0.2) is 4.79 Å². The summed E-state index contributed by atoms with van der Waals surface area (Å²) < 4.78 is 0. The number of rotatable bonds is 58. The van der Waals surface area contributed by atoms with Crippen molar-refractivity contribution in [2.24, 2.45) is 79.2 Å². The number of thiol groups is 2. The quantitative estimate of drug-likeness (QED) is 0.0127. The SMILES string of the molecule is CC[C@H](C)[C@H](N)C(=O)N[C@H](C(=O)N[C@@H](Cc1ccc(O)cc1)C(=O)N[C@@H](CS)C(=O)N[C@@H](CC(N)=O)C(=O)N[C@@H](CCCN=C(N)N)C(=O)N[C@@H](CCN)C(=O)N[C@H](C(=O)N[C@H](CCN)C(=O)N[C@@H](CCCCN)C(=O)N[C@@H](CS)C(=O)N[C@@H](CCN)C(=O)N[C@@H](CCCN=C(N)N)C(=O)N[C@@H](Cc1ccc(O)cc1)C(=O)O)[C@@H](C)O)[C@@H](C)CC. The number of aliphatic hydroxyl groups is 1. The molecule has 0 aliphatic carbocycles. The number of hydrogen-bond acceptors (Lipinski definition) is 27. The van der Waals surface area contributed by atoms with Crippen molar-refractivity contribution >= 4 is 126 Å². The molecule has 0 saturated carbocycles. The Kier molecular flexibility index (Phi) is 48.9. The van der Waals surface area contributed by atoms with Crippen LogP contribution in [0.4, 0.5) is 0 Å². The molecular weight excluding hydrogens is 1610 g/mol. The second-order valence-corrected chi connectivity index (χ2v) is 29.4. The number of hydrogen-bond donors (Lipinski definition) is 29. The number of aliphatic carboxylic acids is 1. The van der Waals surface area contributed by atoms with Gasteiger partial charge >= 0.3 is 5.97 Å². The fraction of sp³-hybridized carbons (Fsp3) is 0.608. The van der Waals surface area contributed by atoms with Crippen molar-refractivity contribution in [3.63, 3.8) is 0 Å². The van der Waals surface area contributed by atoms with Gasteiger partial charge in [0.25, 0.3) is 0 Å². The fourth-order valence-electron chi connectivity index (χ4n) is 11.7. The number of primary amides is 1. The summed E-state index contributed by atoms with van der Waals surface area (Å²) in [4.78, 5) is 217. The summed E-state index contributed by atoms with van der Waals surface area (Å²) in [5.41, 5.74) is 58.1. The molecule has 120 heavy (non-hydrogen) atoms. The van der Waals surface area contributed by atoms with E-state index in [1.165, 1.54) is 48.5 Å². The van der Waals surface area contributed by atoms with Crippen molar-refractivity contribution < 1.29 is 92.3 Å². The molecule has 0 saturated heterocycles. The number of unbranched alkanes of at least 4 members (excludes halogenated alkanes) is 1. The second-order valence-electron chi connectivity index (χ2n) is 28.7. The van der Waals surface area contributed by atoms with Crippen LogP contribution in [0.15, 0.2) is 58.5 Å². The van der Waals surface area contributed by atoms with Crippen LogP contribution in [0, 0.1) is 11.8 Å². The number of nitrogens with two attached hydrogens (primary N) is 10. The summed E-state index contributed by atoms with van der Waals surface area (Å²) in [6.07, 6.45) is -3.15. The van der Waals surface area contributed by atoms with Crippen LogP contribution in [0.2, 0.25) is 0 Å². The van der Waals surface area contributed by atoms with E-state index in [0.29, 0.717) is 30.4 Å². The van der Waals surface area contributed by atoms with Gasteiger partial charge in [-0.15, -0.1) is 0 Å². The minimum absolute atomic E-state index is 0.00998. The van der Waals surface area contributed by atoms with E-state index in [0.717, 1.165) is 6.92 Å². The number of carbonyl (C=O) groups is 15. The van der Waals surface area contributed by atoms with E-state index in [1.54, 1.807) is 20.8 Å². The smallest absolute Gasteiger partial charge is 0.326 e. The van der Waals surface area contributed by atoms with E-state index in [4.69, 9.17) is 57.3 Å². The van der Waals surface area contributed by atoms with E-state index in [9.17, 15) is 92.3 Å². The van der Waals surface area contributed by atoms with Crippen molar-refractivity contribution in [3.05, 3.63) is 59.7 Å². The van der Waals surface area contributed by atoms with Gasteiger partial charge in [-0.2, -0.15) is 25.3 Å². The van der Waals surface area contributed by atoms with Gasteiger partial charge in [0.05, 0.1) is 18.6 Å². The molecule has 0 bridgehead atoms. The van der Waals surface area contributed by atoms with Crippen molar-refractivity contribution in [1.29, 1.82) is 0 Å². The number of aliphatic imine (C=N–C) groups is 2. The summed E-state index contributed by atoms with van der Waals surface area (Å²) in [7, 11) is 0. The van der Waals surface area contributed by atoms with Gasteiger partial charge in [0.15, 0.2) is 11.9 Å². The highest BCUT2D eigenvalue weighted by molar-refractivity contribution is 7.80. The van der Waals surface area contributed by atoms with Gasteiger partial charge in [0, 0.05) is 37.4 Å². The lowest BCUT2D eigenvalue weighted by Crippen LogP contribution is -2.62. The molecule has 0 radical (unpaired) electrons. The minimum atomic E-state index is -1.93. The first-order valence-corrected chi connectivity index (χ1v) is 40.6. The Morgan fingerprint density at radius 3 is 1.02 bits per heavy atom. The number of carbonyl (C=O) groups excluding carboxylic acids is 14. The Bertz CT molecular complexity index is 3750. The van der Waals surface area contributed by atoms with Gasteiger partial charge in [0.2, 0.25) is 82.7 Å². The van der Waals surface area contributed by atoms with Crippen LogP contribution in [0.25, 0.3) is 0 Å². The van der Waals surface area contributed by atoms with Crippen LogP contribution in [0.5, 0.6) is 11.5 Å². The molecular formula is C74H125N25O19S2. The molecule has 0 unspecified atom stereocenters. The maximum atomic E-state index is 14.5. The van der Waals surface area contributed by atoms with E-state index < -0.39 is 203 Å². The number of guanidine groups is 2. The van der Waals surface area contributed by atoms with Crippen LogP contribution in [-0.2, 0) is 84.8 Å². The topological polar surface area (TPSA) is 778 Å². The Labute approximate surface area is 706 Å². The highest BCUT2D eigenvalue weighted by atomic mass is 32.1. The first kappa shape index (κ1) is 105. The van der Waals surface area contributed by atoms with Crippen LogP contribution in [0.3, 0.4) is 0 Å². The third-order valence-electron chi connectivity index (χ3n) is 19.1. The van der Waals surface area contributed by atoms with Crippen molar-refractivity contribution in [2.75, 3.05) is 50.8 Å². The zero-order chi connectivity index (χ0) is 90.5. The maximum absolute atomic E-state index is 14.5. The number of carboxylic acids is 1. The molecule has 44 nitrogen and oxygen atoms in total. The Morgan fingerprint density at radius 1 is 0.367 bits per heavy atom. The number of amides is 14. The Hall–Kier alpha value is -10.9. The van der Waals surface area contributed by atoms with Gasteiger partial charge in [-0.05, 0) is 145 Å². The summed E-state index contributed by atoms with van der Waals surface area (Å²) in [5, 5.41) is 73.1. The molecule has 17 atom stereocenters. The summed E-state index contributed by atoms with van der Waals surface area (Å²) >= 11 is 8.54. The normalized spacial score (nSPS) is 15.3. The predicted molar refractivity (Wildman–Crippen MR) is 450 cm³/mol. The monoisotopic (exact) mass is 1730 g/mol. The Balaban J connectivity index is 2.45. The number of aliphatic hydroxyl groups excluding tert-OH is 1. The Morgan fingerprint density at radius 2 is 0.667 bits per heavy atom. The molecule has 46 heteroatoms. The average Bonchev–Trinajstić information content (AvgIpc) is 0.875. The van der Waals surface area contributed by atoms with Crippen molar-refractivity contribution in [3.8, 4) is 11.5 Å². The molecule has 0 aliphatic heterocycles. The lowest BCUT2D eigenvalue weighted by molar-refractivity contribution is -0.142. The van der Waals surface area contributed by atoms with E-state index in [2.05, 4.69) is 104 Å². The summed E-state index contributed by atoms with van der Waals surface area (Å²) in [5.74, 6) is -18.1. The summed E-state index contributed by atoms with van der Waals surface area (Å²) in [6.45, 7) is 7.37. The van der Waals surface area contributed by atoms with E-state index in [-0.39, 0.29) is 139 Å². The number of carboxylic acid groups (broad SMARTS) is 1. The first-order chi connectivity index (χ1) is 56.7. The molecule has 2 aromatic rings. The number of benzene rings is 2. The number of phenolic OH excluding ortho intramolecular Hbond substituents is 2. The van der Waals surface area contributed by atoms with Crippen molar-refractivity contribution in [1.82, 2.24) is 69.1 Å². The molecule has 14 amide bonds. The number of nitrogens with zero attached hydrogens (tertiary/aromatic N) is 2. The van der Waals surface area contributed by atoms with Crippen LogP contribution in [-0.4, -0.2) is 262 Å². The van der Waals surface area contributed by atoms with Crippen LogP contribution >= 0.6 is 25.3 Å². The highest BCUT2D eigenvalue weighted by Gasteiger charge is 2.39. The van der Waals surface area contributed by atoms with E-state index >= 15 is 0 Å². The minimum Gasteiger partial charge on any atom is -0.508 e. The van der Waals surface area contributed by atoms with Gasteiger partial charge < -0.3 is 147 Å². The zero-order valence-corrected chi connectivity index (χ0v) is 70.0. The van der Waals surface area contributed by atoms with E-state index in [1.807, 2.05) is 6.92 Å². The molecule has 0 spiro atoms. The van der Waals surface area contributed by atoms with Gasteiger partial charge in [0.1, 0.15) is 90.0 Å². The molecule has 0 aliphatic rings. The highest BCUT2D eigenvalue weighted by Crippen LogP contribution is 2.18. The number of phenols is 2. The summed E-state index contributed by atoms with van der Waals surface area (Å²) in [6, 6.07) is -10.4. The molecule has 0 heterocycles. The standard InChI is InChI=1S/C74H125N25O19S2/c1-6-37(3)56(80)69(114)98-57(38(4)7-2)70(115)94-50(32-40-15-19-42(101)20-16-40)65(110)97-54(36-120)68(113)93-51(34-55(79)103)66(111)89-45(13-10-30-85-73(81)82)59(104)90-49(25-29-78)64(109)99-58(39(5)100)71(116)92-48(24-28-77)63(108)87-44(12-8-9-26-75)61(106)96-53(35-119)67(112)91-47(23-27-76)62(107)88-46(14-11-31-86-74(83)84)60(105)95-52(72(117)118)33-41-17-21-43(102)22-18-41/h15-22,37-39,44-54,56-58,100-102,119-120H,6-14,23-36,75-78,80H2,1-5H3,(H2,79,103)(H,87,108)(H,88,107)(H,89,111)(H,90,104)(H,91,112)(H,92,116)(H,93,113)(H,94,115)(H,95,105)(H,96,106)(H,97,110)(H,98,114)(H,99,109)(H,117,118)(H4,81,82,85)(H4,83,84,86)/t37-,38-,39+,44-,45-,46-,47-,48+,49-,50-,51-,52-,53-,54-,56-,57-,58-/m0/s1. The van der Waals surface area contributed by atoms with Crippen molar-refractivity contribution in [2.45, 2.75) is 222 Å². The molecule has 2 aromatic carbocycles. The predicted octanol–water partition coefficient (Wildman–Crippen LogP) is -8.91. The van der Waals surface area contributed by atoms with Crippen LogP contribution < -0.4 is 126 Å². The largest absolute Gasteiger partial charge is 0.508 e. The van der Waals surface area contributed by atoms with Crippen LogP contribution in [0.1, 0.15) is 129 Å². The zero-order valence-electron chi connectivity index (χ0n) is 68.2. The maximum Gasteiger partial charge on any atom is 0.326 e. The third kappa shape index (κ3) is 38.4. The fourth-order valence-corrected chi connectivity index (χ4v) is 12.2.